The Labute approximate surface area is 211 Å². The van der Waals surface area contributed by atoms with E-state index in [0.717, 1.165) is 61.4 Å². The number of imidazole rings is 1. The van der Waals surface area contributed by atoms with Gasteiger partial charge in [-0.1, -0.05) is 19.4 Å². The Morgan fingerprint density at radius 2 is 2.00 bits per heavy atom. The second kappa shape index (κ2) is 9.18. The van der Waals surface area contributed by atoms with E-state index in [-0.39, 0.29) is 0 Å². The van der Waals surface area contributed by atoms with Crippen LogP contribution in [0.25, 0.3) is 55.2 Å². The highest BCUT2D eigenvalue weighted by Crippen LogP contribution is 2.35. The normalized spacial score (nSPS) is 12.4. The number of fused-ring (bicyclic) bond motifs is 2. The van der Waals surface area contributed by atoms with Crippen LogP contribution in [0.15, 0.2) is 61.1 Å². The highest BCUT2D eigenvalue weighted by molar-refractivity contribution is 7.15. The lowest BCUT2D eigenvalue weighted by atomic mass is 10.0. The van der Waals surface area contributed by atoms with E-state index in [4.69, 9.17) is 4.98 Å². The second-order valence-electron chi connectivity index (χ2n) is 8.80. The van der Waals surface area contributed by atoms with Gasteiger partial charge in [0.1, 0.15) is 17.4 Å². The van der Waals surface area contributed by atoms with Gasteiger partial charge in [-0.25, -0.2) is 9.97 Å². The van der Waals surface area contributed by atoms with Crippen LogP contribution in [-0.4, -0.2) is 41.5 Å². The number of aliphatic hydroxyl groups excluding tert-OH is 1. The third kappa shape index (κ3) is 4.12. The van der Waals surface area contributed by atoms with Crippen molar-refractivity contribution >= 4 is 39.1 Å². The highest BCUT2D eigenvalue weighted by atomic mass is 32.1. The number of pyridine rings is 2. The van der Waals surface area contributed by atoms with E-state index in [9.17, 15) is 5.11 Å². The molecule has 36 heavy (non-hydrogen) atoms. The van der Waals surface area contributed by atoms with Gasteiger partial charge in [-0.05, 0) is 55.3 Å². The zero-order valence-corrected chi connectivity index (χ0v) is 20.7. The number of hydrogen-bond acceptors (Lipinski definition) is 7. The number of aromatic amines is 2. The summed E-state index contributed by atoms with van der Waals surface area (Å²) in [4.78, 5) is 19.6. The van der Waals surface area contributed by atoms with Gasteiger partial charge in [0.25, 0.3) is 0 Å². The van der Waals surface area contributed by atoms with Crippen LogP contribution in [0.5, 0.6) is 0 Å². The van der Waals surface area contributed by atoms with Crippen molar-refractivity contribution in [3.8, 4) is 33.1 Å². The van der Waals surface area contributed by atoms with Gasteiger partial charge < -0.3 is 15.4 Å². The minimum atomic E-state index is -0.598. The molecule has 180 valence electrons. The quantitative estimate of drug-likeness (QED) is 0.198. The summed E-state index contributed by atoms with van der Waals surface area (Å²) in [5.41, 5.74) is 6.98. The monoisotopic (exact) mass is 495 g/mol. The molecule has 0 fully saturated rings. The van der Waals surface area contributed by atoms with Gasteiger partial charge >= 0.3 is 0 Å². The number of hydrogen-bond donors (Lipinski definition) is 4. The fourth-order valence-corrected chi connectivity index (χ4v) is 5.28. The molecular formula is C27H25N7OS. The molecule has 1 unspecified atom stereocenters. The molecule has 0 saturated heterocycles. The lowest BCUT2D eigenvalue weighted by molar-refractivity contribution is 0.192. The number of rotatable bonds is 7. The number of nitrogens with one attached hydrogen (secondary N) is 3. The van der Waals surface area contributed by atoms with E-state index in [0.29, 0.717) is 12.2 Å². The highest BCUT2D eigenvalue weighted by Gasteiger charge is 2.17. The Morgan fingerprint density at radius 3 is 2.83 bits per heavy atom. The van der Waals surface area contributed by atoms with Crippen molar-refractivity contribution in [2.24, 2.45) is 0 Å². The standard InChI is InChI=1S/C27H25N7OS/c1-3-4-23(35)30-18-11-17(13-28-14-18)16-6-7-21-20(12-16)25(34-33-21)27-31-24-19(9-10-29-26(24)32-27)22-8-5-15(2)36-22/h5-14,23,30,35H,3-4H2,1-2H3,(H,33,34)(H,29,31,32). The summed E-state index contributed by atoms with van der Waals surface area (Å²) >= 11 is 1.74. The molecule has 0 saturated carbocycles. The van der Waals surface area contributed by atoms with E-state index < -0.39 is 6.23 Å². The van der Waals surface area contributed by atoms with Gasteiger partial charge in [-0.15, -0.1) is 11.3 Å². The number of H-pyrrole nitrogens is 2. The number of aromatic nitrogens is 6. The van der Waals surface area contributed by atoms with Crippen molar-refractivity contribution in [2.45, 2.75) is 32.9 Å². The Morgan fingerprint density at radius 1 is 1.08 bits per heavy atom. The molecular weight excluding hydrogens is 470 g/mol. The summed E-state index contributed by atoms with van der Waals surface area (Å²) in [5.74, 6) is 0.665. The molecule has 0 aliphatic heterocycles. The molecule has 0 bridgehead atoms. The van der Waals surface area contributed by atoms with Gasteiger partial charge in [0.15, 0.2) is 11.5 Å². The third-order valence-electron chi connectivity index (χ3n) is 6.14. The molecule has 5 heterocycles. The zero-order valence-electron chi connectivity index (χ0n) is 19.9. The molecule has 1 atom stereocenters. The number of benzene rings is 1. The second-order valence-corrected chi connectivity index (χ2v) is 10.1. The number of thiophene rings is 1. The Balaban J connectivity index is 1.40. The largest absolute Gasteiger partial charge is 0.374 e. The van der Waals surface area contributed by atoms with Crippen LogP contribution >= 0.6 is 11.3 Å². The third-order valence-corrected chi connectivity index (χ3v) is 7.18. The summed E-state index contributed by atoms with van der Waals surface area (Å²) in [7, 11) is 0. The van der Waals surface area contributed by atoms with E-state index in [1.54, 1.807) is 23.7 Å². The van der Waals surface area contributed by atoms with Crippen LogP contribution in [-0.2, 0) is 0 Å². The maximum atomic E-state index is 10.1. The van der Waals surface area contributed by atoms with Crippen molar-refractivity contribution < 1.29 is 5.11 Å². The van der Waals surface area contributed by atoms with E-state index in [2.05, 4.69) is 55.6 Å². The first-order valence-electron chi connectivity index (χ1n) is 11.9. The van der Waals surface area contributed by atoms with Crippen molar-refractivity contribution in [1.82, 2.24) is 30.1 Å². The fraction of sp³-hybridized carbons (Fsp3) is 0.185. The summed E-state index contributed by atoms with van der Waals surface area (Å²) in [5, 5.41) is 21.9. The molecule has 0 aliphatic rings. The Bertz CT molecular complexity index is 1680. The molecule has 8 nitrogen and oxygen atoms in total. The fourth-order valence-electron chi connectivity index (χ4n) is 4.39. The van der Waals surface area contributed by atoms with Crippen LogP contribution in [0.3, 0.4) is 0 Å². The van der Waals surface area contributed by atoms with Crippen LogP contribution in [0.2, 0.25) is 0 Å². The average molecular weight is 496 g/mol. The minimum Gasteiger partial charge on any atom is -0.374 e. The Kier molecular flexibility index (Phi) is 5.71. The molecule has 9 heteroatoms. The SMILES string of the molecule is CCCC(O)Nc1cncc(-c2ccc3[nH]nc(-c4nc5c(-c6ccc(C)s6)ccnc5[nH]4)c3c2)c1. The summed E-state index contributed by atoms with van der Waals surface area (Å²) in [6, 6.07) is 14.4. The number of aliphatic hydroxyl groups is 1. The first kappa shape index (κ1) is 22.4. The smallest absolute Gasteiger partial charge is 0.160 e. The maximum Gasteiger partial charge on any atom is 0.160 e. The molecule has 5 aromatic heterocycles. The first-order valence-corrected chi connectivity index (χ1v) is 12.7. The summed E-state index contributed by atoms with van der Waals surface area (Å²) in [6.07, 6.45) is 6.32. The minimum absolute atomic E-state index is 0.598. The zero-order chi connectivity index (χ0) is 24.6. The van der Waals surface area contributed by atoms with E-state index in [1.165, 1.54) is 4.88 Å². The van der Waals surface area contributed by atoms with Crippen LogP contribution < -0.4 is 5.32 Å². The van der Waals surface area contributed by atoms with Crippen molar-refractivity contribution in [1.29, 1.82) is 0 Å². The summed E-state index contributed by atoms with van der Waals surface area (Å²) < 4.78 is 0. The first-order chi connectivity index (χ1) is 17.6. The van der Waals surface area contributed by atoms with E-state index in [1.807, 2.05) is 37.4 Å². The number of nitrogens with zero attached hydrogens (tertiary/aromatic N) is 4. The van der Waals surface area contributed by atoms with Crippen molar-refractivity contribution in [3.63, 3.8) is 0 Å². The predicted octanol–water partition coefficient (Wildman–Crippen LogP) is 6.13. The predicted molar refractivity (Wildman–Crippen MR) is 145 cm³/mol. The summed E-state index contributed by atoms with van der Waals surface area (Å²) in [6.45, 7) is 4.14. The Hall–Kier alpha value is -4.08. The van der Waals surface area contributed by atoms with Gasteiger partial charge in [-0.2, -0.15) is 5.10 Å². The van der Waals surface area contributed by atoms with Gasteiger partial charge in [0, 0.05) is 38.7 Å². The molecule has 6 rings (SSSR count). The number of anilines is 1. The van der Waals surface area contributed by atoms with Gasteiger partial charge in [-0.3, -0.25) is 10.1 Å². The van der Waals surface area contributed by atoms with E-state index >= 15 is 0 Å². The van der Waals surface area contributed by atoms with Gasteiger partial charge in [0.05, 0.1) is 17.4 Å². The lowest BCUT2D eigenvalue weighted by Crippen LogP contribution is -2.18. The number of aryl methyl sites for hydroxylation is 1. The maximum absolute atomic E-state index is 10.1. The average Bonchev–Trinajstić information content (AvgIpc) is 3.61. The molecule has 0 amide bonds. The molecule has 0 radical (unpaired) electrons. The lowest BCUT2D eigenvalue weighted by Gasteiger charge is -2.13. The topological polar surface area (TPSA) is 115 Å². The molecule has 0 spiro atoms. The molecule has 0 aliphatic carbocycles. The van der Waals surface area contributed by atoms with Crippen molar-refractivity contribution in [2.75, 3.05) is 5.32 Å². The molecule has 1 aromatic carbocycles. The van der Waals surface area contributed by atoms with Crippen LogP contribution in [0.1, 0.15) is 24.6 Å². The van der Waals surface area contributed by atoms with Crippen LogP contribution in [0.4, 0.5) is 5.69 Å². The van der Waals surface area contributed by atoms with Gasteiger partial charge in [0.2, 0.25) is 0 Å². The van der Waals surface area contributed by atoms with Crippen molar-refractivity contribution in [3.05, 3.63) is 65.9 Å². The van der Waals surface area contributed by atoms with Crippen LogP contribution in [0, 0.1) is 6.92 Å². The molecule has 4 N–H and O–H groups in total. The molecule has 6 aromatic rings.